The summed E-state index contributed by atoms with van der Waals surface area (Å²) < 4.78 is 15.9. The molecule has 0 saturated carbocycles. The van der Waals surface area contributed by atoms with Gasteiger partial charge in [-0.15, -0.1) is 0 Å². The second kappa shape index (κ2) is 13.2. The van der Waals surface area contributed by atoms with E-state index in [0.29, 0.717) is 23.6 Å². The van der Waals surface area contributed by atoms with Crippen LogP contribution in [-0.2, 0) is 20.9 Å². The second-order valence-corrected chi connectivity index (χ2v) is 8.14. The largest absolute Gasteiger partial charge is 0.489 e. The first-order chi connectivity index (χ1) is 17.4. The quantitative estimate of drug-likeness (QED) is 0.196. The highest BCUT2D eigenvalue weighted by molar-refractivity contribution is 6.37. The van der Waals surface area contributed by atoms with E-state index in [1.807, 2.05) is 36.4 Å². The lowest BCUT2D eigenvalue weighted by molar-refractivity contribution is -0.145. The van der Waals surface area contributed by atoms with E-state index in [1.165, 1.54) is 18.2 Å². The van der Waals surface area contributed by atoms with Gasteiger partial charge in [-0.05, 0) is 60.5 Å². The van der Waals surface area contributed by atoms with Gasteiger partial charge in [-0.1, -0.05) is 53.5 Å². The second-order valence-electron chi connectivity index (χ2n) is 7.33. The average molecular weight is 525 g/mol. The maximum Gasteiger partial charge on any atom is 0.344 e. The lowest BCUT2D eigenvalue weighted by Gasteiger charge is -2.11. The van der Waals surface area contributed by atoms with Crippen molar-refractivity contribution in [3.8, 4) is 17.6 Å². The molecule has 0 spiro atoms. The fourth-order valence-electron chi connectivity index (χ4n) is 3.02. The van der Waals surface area contributed by atoms with Gasteiger partial charge < -0.3 is 19.5 Å². The Balaban J connectivity index is 1.64. The van der Waals surface area contributed by atoms with Crippen LogP contribution in [0.5, 0.6) is 11.5 Å². The minimum atomic E-state index is -0.606. The first-order valence-corrected chi connectivity index (χ1v) is 11.6. The third-order valence-electron chi connectivity index (χ3n) is 4.70. The van der Waals surface area contributed by atoms with Crippen molar-refractivity contribution in [2.75, 3.05) is 18.5 Å². The van der Waals surface area contributed by atoms with Crippen LogP contribution in [0.25, 0.3) is 6.08 Å². The molecule has 0 bridgehead atoms. The van der Waals surface area contributed by atoms with Crippen molar-refractivity contribution in [3.63, 3.8) is 0 Å². The van der Waals surface area contributed by atoms with Crippen LogP contribution in [0.4, 0.5) is 5.69 Å². The average Bonchev–Trinajstić information content (AvgIpc) is 2.87. The SMILES string of the molecule is CCOC(=O)COc1c(Cl)cc(/C=C(\C#N)C(=O)Nc2ccc(OCc3ccccc3)cc2)cc1Cl. The Morgan fingerprint density at radius 1 is 1.00 bits per heavy atom. The third-order valence-corrected chi connectivity index (χ3v) is 5.26. The highest BCUT2D eigenvalue weighted by Gasteiger charge is 2.14. The number of anilines is 1. The number of carbonyl (C=O) groups excluding carboxylic acids is 2. The zero-order valence-electron chi connectivity index (χ0n) is 19.3. The Bertz CT molecular complexity index is 1260. The van der Waals surface area contributed by atoms with Gasteiger partial charge in [-0.3, -0.25) is 4.79 Å². The monoisotopic (exact) mass is 524 g/mol. The van der Waals surface area contributed by atoms with Crippen LogP contribution in [0.15, 0.2) is 72.3 Å². The molecule has 0 aliphatic carbocycles. The number of amides is 1. The fraction of sp³-hybridized carbons (Fsp3) is 0.148. The van der Waals surface area contributed by atoms with Crippen LogP contribution in [0.1, 0.15) is 18.1 Å². The van der Waals surface area contributed by atoms with Gasteiger partial charge in [0.1, 0.15) is 24.0 Å². The van der Waals surface area contributed by atoms with Crippen LogP contribution < -0.4 is 14.8 Å². The van der Waals surface area contributed by atoms with Crippen molar-refractivity contribution in [3.05, 3.63) is 93.5 Å². The van der Waals surface area contributed by atoms with Crippen LogP contribution >= 0.6 is 23.2 Å². The van der Waals surface area contributed by atoms with Crippen molar-refractivity contribution in [1.82, 2.24) is 0 Å². The number of carbonyl (C=O) groups is 2. The molecule has 7 nitrogen and oxygen atoms in total. The van der Waals surface area contributed by atoms with Crippen LogP contribution in [0.2, 0.25) is 10.0 Å². The Morgan fingerprint density at radius 3 is 2.28 bits per heavy atom. The van der Waals surface area contributed by atoms with Gasteiger partial charge in [-0.2, -0.15) is 5.26 Å². The van der Waals surface area contributed by atoms with Crippen LogP contribution in [0.3, 0.4) is 0 Å². The maximum atomic E-state index is 12.6. The summed E-state index contributed by atoms with van der Waals surface area (Å²) in [7, 11) is 0. The molecule has 3 rings (SSSR count). The predicted octanol–water partition coefficient (Wildman–Crippen LogP) is 6.06. The van der Waals surface area contributed by atoms with Crippen molar-refractivity contribution in [2.24, 2.45) is 0 Å². The summed E-state index contributed by atoms with van der Waals surface area (Å²) in [5.41, 5.74) is 1.78. The summed E-state index contributed by atoms with van der Waals surface area (Å²) in [6.45, 7) is 1.97. The third kappa shape index (κ3) is 7.77. The lowest BCUT2D eigenvalue weighted by Crippen LogP contribution is -2.15. The number of esters is 1. The van der Waals surface area contributed by atoms with E-state index in [9.17, 15) is 14.9 Å². The molecule has 0 aromatic heterocycles. The smallest absolute Gasteiger partial charge is 0.344 e. The molecule has 3 aromatic carbocycles. The minimum Gasteiger partial charge on any atom is -0.489 e. The van der Waals surface area contributed by atoms with Crippen LogP contribution in [0, 0.1) is 11.3 Å². The van der Waals surface area contributed by atoms with E-state index in [1.54, 1.807) is 31.2 Å². The Hall–Kier alpha value is -3.99. The van der Waals surface area contributed by atoms with Gasteiger partial charge in [0.05, 0.1) is 16.7 Å². The number of halogens is 2. The first kappa shape index (κ1) is 26.6. The van der Waals surface area contributed by atoms with Gasteiger partial charge in [0, 0.05) is 5.69 Å². The number of nitrogens with one attached hydrogen (secondary N) is 1. The molecule has 0 unspecified atom stereocenters. The molecule has 184 valence electrons. The van der Waals surface area contributed by atoms with Gasteiger partial charge in [0.15, 0.2) is 12.4 Å². The topological polar surface area (TPSA) is 97.7 Å². The molecule has 36 heavy (non-hydrogen) atoms. The summed E-state index contributed by atoms with van der Waals surface area (Å²) in [4.78, 5) is 24.1. The molecule has 0 saturated heterocycles. The molecule has 0 aliphatic heterocycles. The Labute approximate surface area is 218 Å². The molecular weight excluding hydrogens is 503 g/mol. The number of hydrogen-bond acceptors (Lipinski definition) is 6. The van der Waals surface area contributed by atoms with E-state index in [2.05, 4.69) is 5.32 Å². The summed E-state index contributed by atoms with van der Waals surface area (Å²) in [5.74, 6) is -0.429. The van der Waals surface area contributed by atoms with Gasteiger partial charge in [0.2, 0.25) is 0 Å². The predicted molar refractivity (Wildman–Crippen MR) is 138 cm³/mol. The Morgan fingerprint density at radius 2 is 1.67 bits per heavy atom. The first-order valence-electron chi connectivity index (χ1n) is 10.9. The fourth-order valence-corrected chi connectivity index (χ4v) is 3.64. The molecule has 9 heteroatoms. The lowest BCUT2D eigenvalue weighted by atomic mass is 10.1. The zero-order valence-corrected chi connectivity index (χ0v) is 20.8. The number of hydrogen-bond donors (Lipinski definition) is 1. The summed E-state index contributed by atoms with van der Waals surface area (Å²) in [5, 5.41) is 12.4. The van der Waals surface area contributed by atoms with Crippen molar-refractivity contribution >= 4 is 46.8 Å². The molecule has 0 radical (unpaired) electrons. The molecule has 0 atom stereocenters. The number of ether oxygens (including phenoxy) is 3. The number of nitrogens with zero attached hydrogens (tertiary/aromatic N) is 1. The molecule has 0 fully saturated rings. The van der Waals surface area contributed by atoms with E-state index in [-0.39, 0.29) is 34.6 Å². The van der Waals surface area contributed by atoms with Gasteiger partial charge in [-0.25, -0.2) is 4.79 Å². The van der Waals surface area contributed by atoms with Crippen molar-refractivity contribution in [2.45, 2.75) is 13.5 Å². The number of nitriles is 1. The molecule has 1 amide bonds. The zero-order chi connectivity index (χ0) is 25.9. The standard InChI is InChI=1S/C27H22Cl2N2O5/c1-2-34-25(32)17-36-26-23(28)13-19(14-24(26)29)12-20(15-30)27(33)31-21-8-10-22(11-9-21)35-16-18-6-4-3-5-7-18/h3-14H,2,16-17H2,1H3,(H,31,33)/b20-12+. The molecule has 3 aromatic rings. The summed E-state index contributed by atoms with van der Waals surface area (Å²) >= 11 is 12.4. The summed E-state index contributed by atoms with van der Waals surface area (Å²) in [6.07, 6.45) is 1.35. The van der Waals surface area contributed by atoms with Gasteiger partial charge >= 0.3 is 5.97 Å². The number of rotatable bonds is 10. The van der Waals surface area contributed by atoms with Gasteiger partial charge in [0.25, 0.3) is 5.91 Å². The number of benzene rings is 3. The van der Waals surface area contributed by atoms with E-state index < -0.39 is 11.9 Å². The molecule has 0 aliphatic rings. The van der Waals surface area contributed by atoms with Crippen LogP contribution in [-0.4, -0.2) is 25.1 Å². The summed E-state index contributed by atoms with van der Waals surface area (Å²) in [6, 6.07) is 21.4. The van der Waals surface area contributed by atoms with E-state index >= 15 is 0 Å². The molecule has 1 N–H and O–H groups in total. The minimum absolute atomic E-state index is 0.0982. The molecule has 0 heterocycles. The van der Waals surface area contributed by atoms with E-state index in [4.69, 9.17) is 37.4 Å². The maximum absolute atomic E-state index is 12.6. The Kier molecular flexibility index (Phi) is 9.75. The van der Waals surface area contributed by atoms with Crippen molar-refractivity contribution < 1.29 is 23.8 Å². The normalized spacial score (nSPS) is 10.8. The van der Waals surface area contributed by atoms with E-state index in [0.717, 1.165) is 5.56 Å². The highest BCUT2D eigenvalue weighted by atomic mass is 35.5. The van der Waals surface area contributed by atoms with Crippen molar-refractivity contribution in [1.29, 1.82) is 5.26 Å². The highest BCUT2D eigenvalue weighted by Crippen LogP contribution is 2.35. The molecular formula is C27H22Cl2N2O5.